The highest BCUT2D eigenvalue weighted by Crippen LogP contribution is 2.28. The number of rotatable bonds is 4. The van der Waals surface area contributed by atoms with Crippen molar-refractivity contribution in [3.05, 3.63) is 28.3 Å². The van der Waals surface area contributed by atoms with Crippen LogP contribution in [0.1, 0.15) is 29.8 Å². The quantitative estimate of drug-likeness (QED) is 0.792. The van der Waals surface area contributed by atoms with Crippen molar-refractivity contribution < 1.29 is 13.2 Å². The van der Waals surface area contributed by atoms with Gasteiger partial charge in [-0.3, -0.25) is 4.79 Å². The van der Waals surface area contributed by atoms with Crippen molar-refractivity contribution in [2.24, 2.45) is 5.92 Å². The predicted molar refractivity (Wildman–Crippen MR) is 81.0 cm³/mol. The number of carbonyl (C=O) groups excluding carboxylic acids is 1. The van der Waals surface area contributed by atoms with E-state index >= 15 is 0 Å². The van der Waals surface area contributed by atoms with Crippen LogP contribution in [-0.2, 0) is 9.05 Å². The van der Waals surface area contributed by atoms with Crippen LogP contribution in [0.15, 0.2) is 17.0 Å². The van der Waals surface area contributed by atoms with Crippen molar-refractivity contribution >= 4 is 37.2 Å². The third kappa shape index (κ3) is 4.11. The minimum absolute atomic E-state index is 0.132. The van der Waals surface area contributed by atoms with Crippen molar-refractivity contribution in [2.45, 2.75) is 25.7 Å². The molecule has 1 aromatic carbocycles. The van der Waals surface area contributed by atoms with Crippen LogP contribution < -0.4 is 0 Å². The second-order valence-corrected chi connectivity index (χ2v) is 8.04. The summed E-state index contributed by atoms with van der Waals surface area (Å²) in [4.78, 5) is 13.6. The molecule has 4 nitrogen and oxygen atoms in total. The Morgan fingerprint density at radius 3 is 2.35 bits per heavy atom. The summed E-state index contributed by atoms with van der Waals surface area (Å²) in [6.07, 6.45) is 0. The molecular formula is C13H17Cl2NO3S. The van der Waals surface area contributed by atoms with Gasteiger partial charge in [0.15, 0.2) is 0 Å². The lowest BCUT2D eigenvalue weighted by Gasteiger charge is -2.20. The highest BCUT2D eigenvalue weighted by atomic mass is 35.7. The van der Waals surface area contributed by atoms with Crippen LogP contribution in [0.5, 0.6) is 0 Å². The van der Waals surface area contributed by atoms with E-state index in [0.717, 1.165) is 0 Å². The normalized spacial score (nSPS) is 11.8. The number of amides is 1. The third-order valence-corrected chi connectivity index (χ3v) is 4.63. The molecule has 0 radical (unpaired) electrons. The van der Waals surface area contributed by atoms with E-state index in [2.05, 4.69) is 0 Å². The molecule has 0 saturated carbocycles. The second-order valence-electron chi connectivity index (χ2n) is 5.10. The number of halogens is 2. The molecular weight excluding hydrogens is 321 g/mol. The van der Waals surface area contributed by atoms with Crippen LogP contribution in [0.4, 0.5) is 0 Å². The zero-order valence-electron chi connectivity index (χ0n) is 11.8. The smallest absolute Gasteiger partial charge is 0.261 e. The van der Waals surface area contributed by atoms with E-state index in [9.17, 15) is 13.2 Å². The van der Waals surface area contributed by atoms with Gasteiger partial charge in [0.2, 0.25) is 0 Å². The number of carbonyl (C=O) groups is 1. The molecule has 7 heteroatoms. The average Bonchev–Trinajstić information content (AvgIpc) is 2.29. The Balaban J connectivity index is 3.28. The maximum Gasteiger partial charge on any atom is 0.261 e. The Bertz CT molecular complexity index is 627. The summed E-state index contributed by atoms with van der Waals surface area (Å²) in [5, 5.41) is 0.202. The minimum atomic E-state index is -3.94. The van der Waals surface area contributed by atoms with Crippen LogP contribution in [0.25, 0.3) is 0 Å². The molecule has 0 aliphatic rings. The standard InChI is InChI=1S/C13H17Cl2NO3S/c1-8(2)7-16(4)13(17)10-5-11(14)9(3)12(6-10)20(15,18)19/h5-6,8H,7H2,1-4H3. The van der Waals surface area contributed by atoms with Crippen molar-refractivity contribution in [1.82, 2.24) is 4.90 Å². The van der Waals surface area contributed by atoms with Gasteiger partial charge in [0.25, 0.3) is 15.0 Å². The lowest BCUT2D eigenvalue weighted by atomic mass is 10.1. The second kappa shape index (κ2) is 6.33. The summed E-state index contributed by atoms with van der Waals surface area (Å²) in [5.41, 5.74) is 0.549. The zero-order valence-corrected chi connectivity index (χ0v) is 14.1. The molecule has 0 bridgehead atoms. The highest BCUT2D eigenvalue weighted by molar-refractivity contribution is 8.13. The van der Waals surface area contributed by atoms with Crippen LogP contribution in [0, 0.1) is 12.8 Å². The van der Waals surface area contributed by atoms with Gasteiger partial charge in [-0.2, -0.15) is 0 Å². The monoisotopic (exact) mass is 337 g/mol. The van der Waals surface area contributed by atoms with E-state index in [1.54, 1.807) is 14.0 Å². The van der Waals surface area contributed by atoms with Crippen molar-refractivity contribution in [2.75, 3.05) is 13.6 Å². The Kier molecular flexibility index (Phi) is 5.46. The van der Waals surface area contributed by atoms with Crippen LogP contribution in [0.3, 0.4) is 0 Å². The fourth-order valence-electron chi connectivity index (χ4n) is 1.88. The van der Waals surface area contributed by atoms with Crippen LogP contribution >= 0.6 is 22.3 Å². The molecule has 0 aliphatic carbocycles. The molecule has 0 fully saturated rings. The van der Waals surface area contributed by atoms with Crippen molar-refractivity contribution in [3.8, 4) is 0 Å². The van der Waals surface area contributed by atoms with Gasteiger partial charge in [0.05, 0.1) is 4.90 Å². The van der Waals surface area contributed by atoms with E-state index in [0.29, 0.717) is 18.0 Å². The fourth-order valence-corrected chi connectivity index (χ4v) is 3.38. The van der Waals surface area contributed by atoms with Gasteiger partial charge < -0.3 is 4.90 Å². The van der Waals surface area contributed by atoms with Gasteiger partial charge in [-0.05, 0) is 30.5 Å². The topological polar surface area (TPSA) is 54.5 Å². The summed E-state index contributed by atoms with van der Waals surface area (Å²) in [6.45, 7) is 6.08. The minimum Gasteiger partial charge on any atom is -0.341 e. The maximum atomic E-state index is 12.3. The summed E-state index contributed by atoms with van der Waals surface area (Å²) < 4.78 is 23.0. The number of hydrogen-bond donors (Lipinski definition) is 0. The zero-order chi connectivity index (χ0) is 15.7. The molecule has 0 aromatic heterocycles. The van der Waals surface area contributed by atoms with Gasteiger partial charge in [-0.15, -0.1) is 0 Å². The summed E-state index contributed by atoms with van der Waals surface area (Å²) >= 11 is 5.99. The third-order valence-electron chi connectivity index (χ3n) is 2.79. The predicted octanol–water partition coefficient (Wildman–Crippen LogP) is 3.30. The molecule has 0 N–H and O–H groups in total. The first-order valence-corrected chi connectivity index (χ1v) is 8.73. The summed E-state index contributed by atoms with van der Waals surface area (Å²) in [6, 6.07) is 2.73. The number of benzene rings is 1. The molecule has 0 aliphatic heterocycles. The first kappa shape index (κ1) is 17.3. The van der Waals surface area contributed by atoms with Crippen molar-refractivity contribution in [1.29, 1.82) is 0 Å². The highest BCUT2D eigenvalue weighted by Gasteiger charge is 2.21. The van der Waals surface area contributed by atoms with Gasteiger partial charge in [-0.1, -0.05) is 25.4 Å². The molecule has 0 spiro atoms. The first-order chi connectivity index (χ1) is 9.04. The summed E-state index contributed by atoms with van der Waals surface area (Å²) in [7, 11) is 3.08. The molecule has 1 amide bonds. The number of nitrogens with zero attached hydrogens (tertiary/aromatic N) is 1. The molecule has 1 aromatic rings. The molecule has 20 heavy (non-hydrogen) atoms. The van der Waals surface area contributed by atoms with E-state index in [-0.39, 0.29) is 21.4 Å². The molecule has 0 unspecified atom stereocenters. The molecule has 0 saturated heterocycles. The largest absolute Gasteiger partial charge is 0.341 e. The van der Waals surface area contributed by atoms with Gasteiger partial charge in [-0.25, -0.2) is 8.42 Å². The van der Waals surface area contributed by atoms with E-state index in [1.165, 1.54) is 17.0 Å². The number of hydrogen-bond acceptors (Lipinski definition) is 3. The SMILES string of the molecule is Cc1c(Cl)cc(C(=O)N(C)CC(C)C)cc1S(=O)(=O)Cl. The lowest BCUT2D eigenvalue weighted by molar-refractivity contribution is 0.0779. The Morgan fingerprint density at radius 1 is 1.35 bits per heavy atom. The van der Waals surface area contributed by atoms with Gasteiger partial charge in [0.1, 0.15) is 0 Å². The Labute approximate surface area is 129 Å². The summed E-state index contributed by atoms with van der Waals surface area (Å²) in [5.74, 6) is 0.0169. The van der Waals surface area contributed by atoms with E-state index in [1.807, 2.05) is 13.8 Å². The van der Waals surface area contributed by atoms with Gasteiger partial charge >= 0.3 is 0 Å². The average molecular weight is 338 g/mol. The molecule has 112 valence electrons. The van der Waals surface area contributed by atoms with Crippen LogP contribution in [0.2, 0.25) is 5.02 Å². The van der Waals surface area contributed by atoms with E-state index in [4.69, 9.17) is 22.3 Å². The van der Waals surface area contributed by atoms with Crippen LogP contribution in [-0.4, -0.2) is 32.8 Å². The molecule has 1 rings (SSSR count). The first-order valence-electron chi connectivity index (χ1n) is 6.04. The van der Waals surface area contributed by atoms with Crippen molar-refractivity contribution in [3.63, 3.8) is 0 Å². The Hall–Kier alpha value is -0.780. The molecule has 0 atom stereocenters. The lowest BCUT2D eigenvalue weighted by Crippen LogP contribution is -2.30. The molecule has 0 heterocycles. The fraction of sp³-hybridized carbons (Fsp3) is 0.462. The van der Waals surface area contributed by atoms with Gasteiger partial charge in [0, 0.05) is 34.9 Å². The maximum absolute atomic E-state index is 12.3. The Morgan fingerprint density at radius 2 is 1.90 bits per heavy atom. The van der Waals surface area contributed by atoms with E-state index < -0.39 is 9.05 Å².